The van der Waals surface area contributed by atoms with Crippen LogP contribution in [0.4, 0.5) is 0 Å². The van der Waals surface area contributed by atoms with Gasteiger partial charge in [-0.1, -0.05) is 36.6 Å². The Kier molecular flexibility index (Phi) is 3.66. The van der Waals surface area contributed by atoms with Crippen LogP contribution < -0.4 is 5.32 Å². The van der Waals surface area contributed by atoms with Gasteiger partial charge in [-0.3, -0.25) is 0 Å². The maximum atomic E-state index is 5.96. The molecule has 0 amide bonds. The molecule has 0 unspecified atom stereocenters. The molecule has 0 spiro atoms. The van der Waals surface area contributed by atoms with Crippen LogP contribution in [0.3, 0.4) is 0 Å². The van der Waals surface area contributed by atoms with Crippen molar-refractivity contribution in [3.05, 3.63) is 34.9 Å². The summed E-state index contributed by atoms with van der Waals surface area (Å²) in [5.74, 6) is 1.00. The molecule has 0 aliphatic heterocycles. The number of benzene rings is 1. The van der Waals surface area contributed by atoms with Crippen LogP contribution in [0.25, 0.3) is 0 Å². The largest absolute Gasteiger partial charge is 0.310 e. The van der Waals surface area contributed by atoms with Crippen molar-refractivity contribution < 1.29 is 0 Å². The second kappa shape index (κ2) is 5.00. The maximum Gasteiger partial charge on any atom is 0.0409 e. The van der Waals surface area contributed by atoms with Gasteiger partial charge in [-0.2, -0.15) is 0 Å². The third-order valence-electron chi connectivity index (χ3n) is 3.05. The van der Waals surface area contributed by atoms with Crippen molar-refractivity contribution in [3.63, 3.8) is 0 Å². The van der Waals surface area contributed by atoms with Gasteiger partial charge in [0.2, 0.25) is 0 Å². The Labute approximate surface area is 96.8 Å². The summed E-state index contributed by atoms with van der Waals surface area (Å²) >= 11 is 5.96. The summed E-state index contributed by atoms with van der Waals surface area (Å²) in [5, 5.41) is 4.36. The summed E-state index contributed by atoms with van der Waals surface area (Å²) in [6, 6.07) is 8.50. The zero-order valence-electron chi connectivity index (χ0n) is 9.17. The van der Waals surface area contributed by atoms with E-state index in [0.717, 1.165) is 17.5 Å². The molecule has 1 aliphatic rings. The normalized spacial score (nSPS) is 17.7. The average molecular weight is 224 g/mol. The Morgan fingerprint density at radius 1 is 1.47 bits per heavy atom. The molecular weight excluding hydrogens is 206 g/mol. The van der Waals surface area contributed by atoms with Gasteiger partial charge in [0, 0.05) is 11.1 Å². The molecule has 1 saturated carbocycles. The summed E-state index contributed by atoms with van der Waals surface area (Å²) in [6.45, 7) is 3.32. The molecule has 1 N–H and O–H groups in total. The first-order valence-corrected chi connectivity index (χ1v) is 6.12. The molecule has 15 heavy (non-hydrogen) atoms. The van der Waals surface area contributed by atoms with E-state index in [0.29, 0.717) is 6.04 Å². The maximum absolute atomic E-state index is 5.96. The van der Waals surface area contributed by atoms with Crippen molar-refractivity contribution in [1.29, 1.82) is 0 Å². The van der Waals surface area contributed by atoms with Crippen LogP contribution in [-0.2, 0) is 0 Å². The van der Waals surface area contributed by atoms with Crippen LogP contribution >= 0.6 is 11.6 Å². The van der Waals surface area contributed by atoms with Crippen molar-refractivity contribution in [2.24, 2.45) is 5.92 Å². The van der Waals surface area contributed by atoms with Gasteiger partial charge in [0.25, 0.3) is 0 Å². The Bertz CT molecular complexity index is 320. The Hall–Kier alpha value is -0.530. The van der Waals surface area contributed by atoms with E-state index in [1.54, 1.807) is 0 Å². The summed E-state index contributed by atoms with van der Waals surface area (Å²) in [5.41, 5.74) is 1.28. The van der Waals surface area contributed by atoms with Crippen LogP contribution in [0.5, 0.6) is 0 Å². The number of rotatable bonds is 5. The smallest absolute Gasteiger partial charge is 0.0409 e. The van der Waals surface area contributed by atoms with E-state index in [1.165, 1.54) is 24.8 Å². The van der Waals surface area contributed by atoms with Crippen LogP contribution in [0.15, 0.2) is 24.3 Å². The van der Waals surface area contributed by atoms with E-state index in [2.05, 4.69) is 18.3 Å². The van der Waals surface area contributed by atoms with Crippen LogP contribution in [-0.4, -0.2) is 6.54 Å². The minimum absolute atomic E-state index is 0.405. The van der Waals surface area contributed by atoms with E-state index in [-0.39, 0.29) is 0 Å². The Morgan fingerprint density at radius 3 is 2.93 bits per heavy atom. The lowest BCUT2D eigenvalue weighted by atomic mass is 10.1. The number of halogens is 1. The molecule has 1 aromatic rings. The molecule has 0 bridgehead atoms. The monoisotopic (exact) mass is 223 g/mol. The minimum atomic E-state index is 0.405. The molecule has 2 heteroatoms. The Balaban J connectivity index is 1.80. The van der Waals surface area contributed by atoms with Gasteiger partial charge in [0.15, 0.2) is 0 Å². The number of hydrogen-bond donors (Lipinski definition) is 1. The fraction of sp³-hybridized carbons (Fsp3) is 0.538. The molecular formula is C13H18ClN. The van der Waals surface area contributed by atoms with Gasteiger partial charge >= 0.3 is 0 Å². The van der Waals surface area contributed by atoms with Crippen molar-refractivity contribution in [2.45, 2.75) is 32.2 Å². The van der Waals surface area contributed by atoms with Crippen LogP contribution in [0, 0.1) is 5.92 Å². The van der Waals surface area contributed by atoms with E-state index in [4.69, 9.17) is 11.6 Å². The predicted octanol–water partition coefficient (Wildman–Crippen LogP) is 3.79. The first-order valence-electron chi connectivity index (χ1n) is 5.74. The molecule has 1 aromatic carbocycles. The molecule has 0 heterocycles. The first kappa shape index (κ1) is 11.0. The summed E-state index contributed by atoms with van der Waals surface area (Å²) in [4.78, 5) is 0. The third-order valence-corrected chi connectivity index (χ3v) is 3.28. The van der Waals surface area contributed by atoms with Crippen LogP contribution in [0.2, 0.25) is 5.02 Å². The van der Waals surface area contributed by atoms with Gasteiger partial charge < -0.3 is 5.32 Å². The highest BCUT2D eigenvalue weighted by molar-refractivity contribution is 6.30. The molecule has 1 atom stereocenters. The zero-order chi connectivity index (χ0) is 10.7. The lowest BCUT2D eigenvalue weighted by Gasteiger charge is -2.14. The van der Waals surface area contributed by atoms with E-state index in [9.17, 15) is 0 Å². The van der Waals surface area contributed by atoms with E-state index in [1.807, 2.05) is 18.2 Å². The molecule has 1 fully saturated rings. The lowest BCUT2D eigenvalue weighted by molar-refractivity contribution is 0.540. The highest BCUT2D eigenvalue weighted by Gasteiger charge is 2.20. The second-order valence-electron chi connectivity index (χ2n) is 4.46. The highest BCUT2D eigenvalue weighted by Crippen LogP contribution is 2.32. The van der Waals surface area contributed by atoms with Gasteiger partial charge in [-0.25, -0.2) is 0 Å². The molecule has 0 saturated heterocycles. The van der Waals surface area contributed by atoms with E-state index >= 15 is 0 Å². The molecule has 0 aromatic heterocycles. The highest BCUT2D eigenvalue weighted by atomic mass is 35.5. The molecule has 0 radical (unpaired) electrons. The quantitative estimate of drug-likeness (QED) is 0.801. The van der Waals surface area contributed by atoms with Crippen molar-refractivity contribution >= 4 is 11.6 Å². The number of nitrogens with one attached hydrogen (secondary N) is 1. The summed E-state index contributed by atoms with van der Waals surface area (Å²) in [6.07, 6.45) is 4.20. The second-order valence-corrected chi connectivity index (χ2v) is 4.90. The Morgan fingerprint density at radius 2 is 2.27 bits per heavy atom. The first-order chi connectivity index (χ1) is 7.25. The van der Waals surface area contributed by atoms with E-state index < -0.39 is 0 Å². The van der Waals surface area contributed by atoms with Gasteiger partial charge in [-0.15, -0.1) is 0 Å². The summed E-state index contributed by atoms with van der Waals surface area (Å²) in [7, 11) is 0. The van der Waals surface area contributed by atoms with Gasteiger partial charge in [0.05, 0.1) is 0 Å². The minimum Gasteiger partial charge on any atom is -0.310 e. The van der Waals surface area contributed by atoms with Crippen LogP contribution in [0.1, 0.15) is 37.8 Å². The number of hydrogen-bond acceptors (Lipinski definition) is 1. The molecule has 82 valence electrons. The third kappa shape index (κ3) is 3.51. The van der Waals surface area contributed by atoms with Crippen molar-refractivity contribution in [2.75, 3.05) is 6.54 Å². The standard InChI is InChI=1S/C13H18ClN/c1-10(15-8-7-11-5-6-11)12-3-2-4-13(14)9-12/h2-4,9-11,15H,5-8H2,1H3/t10-/m1/s1. The van der Waals surface area contributed by atoms with Crippen molar-refractivity contribution in [1.82, 2.24) is 5.32 Å². The molecule has 2 rings (SSSR count). The van der Waals surface area contributed by atoms with Gasteiger partial charge in [0.1, 0.15) is 0 Å². The topological polar surface area (TPSA) is 12.0 Å². The fourth-order valence-corrected chi connectivity index (χ4v) is 2.00. The summed E-state index contributed by atoms with van der Waals surface area (Å²) < 4.78 is 0. The fourth-order valence-electron chi connectivity index (χ4n) is 1.80. The molecule has 1 aliphatic carbocycles. The van der Waals surface area contributed by atoms with Gasteiger partial charge in [-0.05, 0) is 43.5 Å². The zero-order valence-corrected chi connectivity index (χ0v) is 9.93. The van der Waals surface area contributed by atoms with Crippen molar-refractivity contribution in [3.8, 4) is 0 Å². The lowest BCUT2D eigenvalue weighted by Crippen LogP contribution is -2.20. The molecule has 1 nitrogen and oxygen atoms in total. The predicted molar refractivity (Wildman–Crippen MR) is 65.2 cm³/mol. The SMILES string of the molecule is C[C@@H](NCCC1CC1)c1cccc(Cl)c1. The average Bonchev–Trinajstić information content (AvgIpc) is 3.01.